The fraction of sp³-hybridized carbons (Fsp3) is 0.111. The van der Waals surface area contributed by atoms with Crippen LogP contribution in [0.25, 0.3) is 16.5 Å². The van der Waals surface area contributed by atoms with Gasteiger partial charge < -0.3 is 0 Å². The number of hydrogen-bond donors (Lipinski definition) is 0. The standard InChI is InChI=1S/C9H7F2N3/c10-8-4-3-7(6-9(8)11)2-1-5-13-14-12/h1-4,6H,5H2. The van der Waals surface area contributed by atoms with Crippen LogP contribution in [0.3, 0.4) is 0 Å². The molecule has 0 saturated heterocycles. The summed E-state index contributed by atoms with van der Waals surface area (Å²) in [6, 6.07) is 3.55. The lowest BCUT2D eigenvalue weighted by Crippen LogP contribution is -1.83. The quantitative estimate of drug-likeness (QED) is 0.403. The lowest BCUT2D eigenvalue weighted by Gasteiger charge is -1.94. The van der Waals surface area contributed by atoms with Gasteiger partial charge in [0.25, 0.3) is 0 Å². The lowest BCUT2D eigenvalue weighted by molar-refractivity contribution is 0.508. The van der Waals surface area contributed by atoms with Gasteiger partial charge in [-0.05, 0) is 23.2 Å². The van der Waals surface area contributed by atoms with Crippen molar-refractivity contribution < 1.29 is 8.78 Å². The van der Waals surface area contributed by atoms with E-state index < -0.39 is 11.6 Å². The molecule has 14 heavy (non-hydrogen) atoms. The average molecular weight is 195 g/mol. The Morgan fingerprint density at radius 3 is 2.79 bits per heavy atom. The second-order valence-electron chi connectivity index (χ2n) is 2.49. The van der Waals surface area contributed by atoms with Gasteiger partial charge in [0.05, 0.1) is 0 Å². The maximum absolute atomic E-state index is 12.7. The molecule has 1 aromatic rings. The normalized spacial score (nSPS) is 10.1. The minimum Gasteiger partial charge on any atom is -0.204 e. The van der Waals surface area contributed by atoms with Crippen molar-refractivity contribution in [2.75, 3.05) is 6.54 Å². The Labute approximate surface area is 79.3 Å². The van der Waals surface area contributed by atoms with Crippen molar-refractivity contribution in [3.8, 4) is 0 Å². The van der Waals surface area contributed by atoms with E-state index in [1.165, 1.54) is 6.07 Å². The van der Waals surface area contributed by atoms with Crippen LogP contribution in [-0.4, -0.2) is 6.54 Å². The molecule has 72 valence electrons. The number of rotatable bonds is 3. The highest BCUT2D eigenvalue weighted by Crippen LogP contribution is 2.09. The molecule has 0 atom stereocenters. The molecule has 0 amide bonds. The first-order valence-electron chi connectivity index (χ1n) is 3.86. The average Bonchev–Trinajstić information content (AvgIpc) is 2.18. The van der Waals surface area contributed by atoms with E-state index in [4.69, 9.17) is 5.53 Å². The Bertz CT molecular complexity index is 395. The van der Waals surface area contributed by atoms with Crippen LogP contribution >= 0.6 is 0 Å². The van der Waals surface area contributed by atoms with Gasteiger partial charge in [0.1, 0.15) is 0 Å². The fourth-order valence-corrected chi connectivity index (χ4v) is 0.888. The second-order valence-corrected chi connectivity index (χ2v) is 2.49. The third kappa shape index (κ3) is 2.88. The van der Waals surface area contributed by atoms with Crippen LogP contribution in [0.2, 0.25) is 0 Å². The van der Waals surface area contributed by atoms with Crippen molar-refractivity contribution >= 4 is 6.08 Å². The number of azide groups is 1. The van der Waals surface area contributed by atoms with Crippen LogP contribution in [0.5, 0.6) is 0 Å². The van der Waals surface area contributed by atoms with E-state index in [-0.39, 0.29) is 6.54 Å². The predicted molar refractivity (Wildman–Crippen MR) is 49.4 cm³/mol. The molecule has 0 radical (unpaired) electrons. The molecule has 0 aliphatic heterocycles. The zero-order chi connectivity index (χ0) is 10.4. The topological polar surface area (TPSA) is 48.8 Å². The molecule has 0 aliphatic carbocycles. The molecule has 1 aromatic carbocycles. The first-order chi connectivity index (χ1) is 6.74. The van der Waals surface area contributed by atoms with Crippen molar-refractivity contribution in [3.63, 3.8) is 0 Å². The van der Waals surface area contributed by atoms with Crippen LogP contribution in [0, 0.1) is 11.6 Å². The number of hydrogen-bond acceptors (Lipinski definition) is 1. The summed E-state index contributed by atoms with van der Waals surface area (Å²) >= 11 is 0. The van der Waals surface area contributed by atoms with Gasteiger partial charge in [-0.2, -0.15) is 0 Å². The number of benzene rings is 1. The Morgan fingerprint density at radius 1 is 1.36 bits per heavy atom. The molecular weight excluding hydrogens is 188 g/mol. The monoisotopic (exact) mass is 195 g/mol. The number of halogens is 2. The van der Waals surface area contributed by atoms with Gasteiger partial charge in [0.15, 0.2) is 11.6 Å². The molecule has 5 heteroatoms. The highest BCUT2D eigenvalue weighted by Gasteiger charge is 1.99. The van der Waals surface area contributed by atoms with Crippen LogP contribution in [0.1, 0.15) is 5.56 Å². The van der Waals surface area contributed by atoms with Crippen molar-refractivity contribution in [3.05, 3.63) is 51.9 Å². The first-order valence-corrected chi connectivity index (χ1v) is 3.86. The molecule has 0 N–H and O–H groups in total. The summed E-state index contributed by atoms with van der Waals surface area (Å²) < 4.78 is 25.1. The molecule has 0 heterocycles. The summed E-state index contributed by atoms with van der Waals surface area (Å²) in [6.45, 7) is 0.190. The molecule has 1 rings (SSSR count). The Morgan fingerprint density at radius 2 is 2.14 bits per heavy atom. The van der Waals surface area contributed by atoms with Gasteiger partial charge >= 0.3 is 0 Å². The fourth-order valence-electron chi connectivity index (χ4n) is 0.888. The Balaban J connectivity index is 2.72. The molecule has 0 spiro atoms. The SMILES string of the molecule is [N-]=[N+]=NCC=Cc1ccc(F)c(F)c1. The smallest absolute Gasteiger partial charge is 0.159 e. The third-order valence-corrected chi connectivity index (χ3v) is 1.50. The maximum atomic E-state index is 12.7. The van der Waals surface area contributed by atoms with Crippen LogP contribution in [-0.2, 0) is 0 Å². The maximum Gasteiger partial charge on any atom is 0.159 e. The van der Waals surface area contributed by atoms with Gasteiger partial charge in [-0.15, -0.1) is 0 Å². The summed E-state index contributed by atoms with van der Waals surface area (Å²) in [5.41, 5.74) is 8.48. The predicted octanol–water partition coefficient (Wildman–Crippen LogP) is 3.29. The lowest BCUT2D eigenvalue weighted by atomic mass is 10.2. The van der Waals surface area contributed by atoms with E-state index in [2.05, 4.69) is 10.0 Å². The molecule has 0 fully saturated rings. The number of nitrogens with zero attached hydrogens (tertiary/aromatic N) is 3. The van der Waals surface area contributed by atoms with Crippen LogP contribution < -0.4 is 0 Å². The summed E-state index contributed by atoms with van der Waals surface area (Å²) in [4.78, 5) is 2.54. The Kier molecular flexibility index (Phi) is 3.64. The van der Waals surface area contributed by atoms with Gasteiger partial charge in [0, 0.05) is 11.5 Å². The van der Waals surface area contributed by atoms with Crippen molar-refractivity contribution in [1.82, 2.24) is 0 Å². The molecule has 3 nitrogen and oxygen atoms in total. The summed E-state index contributed by atoms with van der Waals surface area (Å²) in [6.07, 6.45) is 3.11. The van der Waals surface area contributed by atoms with E-state index in [1.54, 1.807) is 12.2 Å². The molecule has 0 aliphatic rings. The van der Waals surface area contributed by atoms with E-state index in [9.17, 15) is 8.78 Å². The van der Waals surface area contributed by atoms with Crippen LogP contribution in [0.4, 0.5) is 8.78 Å². The van der Waals surface area contributed by atoms with E-state index in [0.29, 0.717) is 5.56 Å². The van der Waals surface area contributed by atoms with Gasteiger partial charge in [-0.1, -0.05) is 23.3 Å². The zero-order valence-electron chi connectivity index (χ0n) is 7.19. The van der Waals surface area contributed by atoms with E-state index >= 15 is 0 Å². The van der Waals surface area contributed by atoms with E-state index in [0.717, 1.165) is 12.1 Å². The van der Waals surface area contributed by atoms with Crippen molar-refractivity contribution in [2.45, 2.75) is 0 Å². The van der Waals surface area contributed by atoms with Crippen molar-refractivity contribution in [2.24, 2.45) is 5.11 Å². The van der Waals surface area contributed by atoms with Gasteiger partial charge in [0.2, 0.25) is 0 Å². The second kappa shape index (κ2) is 4.99. The molecule has 0 aromatic heterocycles. The molecular formula is C9H7F2N3. The molecule has 0 saturated carbocycles. The van der Waals surface area contributed by atoms with Crippen molar-refractivity contribution in [1.29, 1.82) is 0 Å². The first kappa shape index (κ1) is 10.2. The summed E-state index contributed by atoms with van der Waals surface area (Å²) in [7, 11) is 0. The van der Waals surface area contributed by atoms with Gasteiger partial charge in [-0.3, -0.25) is 0 Å². The largest absolute Gasteiger partial charge is 0.204 e. The molecule has 0 unspecified atom stereocenters. The van der Waals surface area contributed by atoms with E-state index in [1.807, 2.05) is 0 Å². The Hall–Kier alpha value is -1.87. The third-order valence-electron chi connectivity index (χ3n) is 1.50. The highest BCUT2D eigenvalue weighted by atomic mass is 19.2. The minimum absolute atomic E-state index is 0.190. The summed E-state index contributed by atoms with van der Waals surface area (Å²) in [5.74, 6) is -1.77. The highest BCUT2D eigenvalue weighted by molar-refractivity contribution is 5.49. The zero-order valence-corrected chi connectivity index (χ0v) is 7.19. The minimum atomic E-state index is -0.893. The van der Waals surface area contributed by atoms with Gasteiger partial charge in [-0.25, -0.2) is 8.78 Å². The summed E-state index contributed by atoms with van der Waals surface area (Å²) in [5, 5.41) is 3.25. The molecule has 0 bridgehead atoms. The van der Waals surface area contributed by atoms with Crippen LogP contribution in [0.15, 0.2) is 29.4 Å².